The number of carbonyl (C=O) groups excluding carboxylic acids is 1. The third-order valence-electron chi connectivity index (χ3n) is 4.26. The number of aromatic nitrogens is 2. The van der Waals surface area contributed by atoms with Crippen LogP contribution in [-0.2, 0) is 4.79 Å². The summed E-state index contributed by atoms with van der Waals surface area (Å²) < 4.78 is 2.22. The summed E-state index contributed by atoms with van der Waals surface area (Å²) >= 11 is 2.04. The average Bonchev–Trinajstić information content (AvgIpc) is 2.95. The van der Waals surface area contributed by atoms with E-state index in [1.807, 2.05) is 11.8 Å². The summed E-state index contributed by atoms with van der Waals surface area (Å²) in [5.41, 5.74) is 3.59. The number of amides is 1. The van der Waals surface area contributed by atoms with Gasteiger partial charge in [0.2, 0.25) is 5.91 Å². The molecule has 0 radical (unpaired) electrons. The molecule has 1 N–H and O–H groups in total. The summed E-state index contributed by atoms with van der Waals surface area (Å²) in [6.45, 7) is 4.22. The lowest BCUT2D eigenvalue weighted by Crippen LogP contribution is -2.20. The molecule has 0 saturated carbocycles. The number of thioether (sulfide) groups is 1. The van der Waals surface area contributed by atoms with E-state index in [-0.39, 0.29) is 11.9 Å². The lowest BCUT2D eigenvalue weighted by atomic mass is 10.0. The predicted octanol–water partition coefficient (Wildman–Crippen LogP) is 2.52. The molecule has 0 spiro atoms. The van der Waals surface area contributed by atoms with Gasteiger partial charge in [-0.2, -0.15) is 16.9 Å². The second-order valence-electron chi connectivity index (χ2n) is 5.53. The Balaban J connectivity index is 1.89. The Morgan fingerprint density at radius 2 is 2.00 bits per heavy atom. The van der Waals surface area contributed by atoms with E-state index >= 15 is 0 Å². The quantitative estimate of drug-likeness (QED) is 0.905. The van der Waals surface area contributed by atoms with Crippen LogP contribution in [0.2, 0.25) is 0 Å². The van der Waals surface area contributed by atoms with Crippen LogP contribution in [0.3, 0.4) is 0 Å². The summed E-state index contributed by atoms with van der Waals surface area (Å²) in [5.74, 6) is 2.64. The van der Waals surface area contributed by atoms with Gasteiger partial charge < -0.3 is 5.32 Å². The number of nitrogens with one attached hydrogen (secondary N) is 1. The number of nitrogens with zero attached hydrogens (tertiary/aromatic N) is 2. The van der Waals surface area contributed by atoms with Crippen molar-refractivity contribution in [3.63, 3.8) is 0 Å². The Bertz CT molecular complexity index is 491. The Kier molecular flexibility index (Phi) is 3.56. The van der Waals surface area contributed by atoms with Crippen molar-refractivity contribution < 1.29 is 4.79 Å². The molecule has 1 amide bonds. The fraction of sp³-hybridized carbons (Fsp3) is 0.714. The van der Waals surface area contributed by atoms with Crippen molar-refractivity contribution in [1.29, 1.82) is 0 Å². The summed E-state index contributed by atoms with van der Waals surface area (Å²) in [4.78, 5) is 11.4. The molecule has 0 bridgehead atoms. The highest BCUT2D eigenvalue weighted by molar-refractivity contribution is 7.99. The monoisotopic (exact) mass is 279 g/mol. The van der Waals surface area contributed by atoms with Crippen molar-refractivity contribution in [3.8, 4) is 0 Å². The van der Waals surface area contributed by atoms with Gasteiger partial charge in [0.25, 0.3) is 0 Å². The Morgan fingerprint density at radius 3 is 2.63 bits per heavy atom. The van der Waals surface area contributed by atoms with Crippen LogP contribution in [0.5, 0.6) is 0 Å². The molecule has 4 nitrogen and oxygen atoms in total. The van der Waals surface area contributed by atoms with E-state index in [0.717, 1.165) is 12.1 Å². The maximum absolute atomic E-state index is 11.4. The van der Waals surface area contributed by atoms with Gasteiger partial charge in [-0.25, -0.2) is 0 Å². The normalized spacial score (nSPS) is 24.7. The zero-order valence-electron chi connectivity index (χ0n) is 11.6. The van der Waals surface area contributed by atoms with Crippen molar-refractivity contribution >= 4 is 17.7 Å². The van der Waals surface area contributed by atoms with Gasteiger partial charge in [-0.05, 0) is 44.6 Å². The number of hydrogen-bond acceptors (Lipinski definition) is 3. The van der Waals surface area contributed by atoms with E-state index in [9.17, 15) is 4.79 Å². The van der Waals surface area contributed by atoms with E-state index in [4.69, 9.17) is 5.10 Å². The number of rotatable bonds is 2. The highest BCUT2D eigenvalue weighted by Crippen LogP contribution is 2.33. The highest BCUT2D eigenvalue weighted by atomic mass is 32.2. The summed E-state index contributed by atoms with van der Waals surface area (Å²) in [7, 11) is 0. The van der Waals surface area contributed by atoms with Crippen LogP contribution in [0, 0.1) is 13.8 Å². The van der Waals surface area contributed by atoms with Gasteiger partial charge in [0.05, 0.1) is 17.8 Å². The molecule has 1 atom stereocenters. The Morgan fingerprint density at radius 1 is 1.26 bits per heavy atom. The maximum atomic E-state index is 11.4. The molecular weight excluding hydrogens is 258 g/mol. The van der Waals surface area contributed by atoms with E-state index in [1.165, 1.54) is 35.6 Å². The van der Waals surface area contributed by atoms with Crippen LogP contribution < -0.4 is 5.32 Å². The van der Waals surface area contributed by atoms with Crippen LogP contribution >= 0.6 is 11.8 Å². The number of hydrogen-bond donors (Lipinski definition) is 1. The Hall–Kier alpha value is -0.970. The highest BCUT2D eigenvalue weighted by Gasteiger charge is 2.29. The minimum atomic E-state index is 0.172. The molecule has 1 aromatic rings. The second kappa shape index (κ2) is 5.19. The zero-order chi connectivity index (χ0) is 13.4. The smallest absolute Gasteiger partial charge is 0.220 e. The molecule has 1 aromatic heterocycles. The molecule has 2 saturated heterocycles. The van der Waals surface area contributed by atoms with Crippen LogP contribution in [0.15, 0.2) is 0 Å². The van der Waals surface area contributed by atoms with Gasteiger partial charge in [-0.15, -0.1) is 0 Å². The van der Waals surface area contributed by atoms with Gasteiger partial charge in [-0.3, -0.25) is 9.48 Å². The fourth-order valence-electron chi connectivity index (χ4n) is 3.30. The molecule has 104 valence electrons. The summed E-state index contributed by atoms with van der Waals surface area (Å²) in [5, 5.41) is 7.83. The van der Waals surface area contributed by atoms with Gasteiger partial charge in [0.1, 0.15) is 0 Å². The van der Waals surface area contributed by atoms with E-state index in [0.29, 0.717) is 12.5 Å². The molecule has 3 rings (SSSR count). The SMILES string of the molecule is Cc1nn(C2CCSCC2)c(C)c1C1CCC(=O)N1. The van der Waals surface area contributed by atoms with Gasteiger partial charge in [-0.1, -0.05) is 0 Å². The van der Waals surface area contributed by atoms with Crippen molar-refractivity contribution in [3.05, 3.63) is 17.0 Å². The predicted molar refractivity (Wildman–Crippen MR) is 77.4 cm³/mol. The standard InChI is InChI=1S/C14H21N3OS/c1-9-14(12-3-4-13(18)15-12)10(2)17(16-9)11-5-7-19-8-6-11/h11-12H,3-8H2,1-2H3,(H,15,18). The molecule has 0 aliphatic carbocycles. The van der Waals surface area contributed by atoms with E-state index in [2.05, 4.69) is 23.8 Å². The molecular formula is C14H21N3OS. The van der Waals surface area contributed by atoms with Gasteiger partial charge in [0, 0.05) is 17.7 Å². The first-order valence-electron chi connectivity index (χ1n) is 7.09. The first-order valence-corrected chi connectivity index (χ1v) is 8.25. The second-order valence-corrected chi connectivity index (χ2v) is 6.76. The molecule has 0 aromatic carbocycles. The van der Waals surface area contributed by atoms with Crippen LogP contribution in [0.1, 0.15) is 54.7 Å². The van der Waals surface area contributed by atoms with Gasteiger partial charge in [0.15, 0.2) is 0 Å². The zero-order valence-corrected chi connectivity index (χ0v) is 12.4. The largest absolute Gasteiger partial charge is 0.349 e. The third-order valence-corrected chi connectivity index (χ3v) is 5.31. The minimum Gasteiger partial charge on any atom is -0.349 e. The van der Waals surface area contributed by atoms with Crippen LogP contribution in [0.25, 0.3) is 0 Å². The maximum Gasteiger partial charge on any atom is 0.220 e. The molecule has 2 aliphatic rings. The Labute approximate surface area is 118 Å². The average molecular weight is 279 g/mol. The van der Waals surface area contributed by atoms with E-state index < -0.39 is 0 Å². The number of aryl methyl sites for hydroxylation is 1. The van der Waals surface area contributed by atoms with Crippen LogP contribution in [-0.4, -0.2) is 27.2 Å². The number of carbonyl (C=O) groups is 1. The molecule has 2 aliphatic heterocycles. The molecule has 1 unspecified atom stereocenters. The van der Waals surface area contributed by atoms with Crippen LogP contribution in [0.4, 0.5) is 0 Å². The van der Waals surface area contributed by atoms with Crippen molar-refractivity contribution in [2.45, 2.75) is 51.6 Å². The van der Waals surface area contributed by atoms with Crippen molar-refractivity contribution in [2.75, 3.05) is 11.5 Å². The van der Waals surface area contributed by atoms with Gasteiger partial charge >= 0.3 is 0 Å². The fourth-order valence-corrected chi connectivity index (χ4v) is 4.38. The van der Waals surface area contributed by atoms with Crippen molar-refractivity contribution in [1.82, 2.24) is 15.1 Å². The summed E-state index contributed by atoms with van der Waals surface area (Å²) in [6, 6.07) is 0.727. The lowest BCUT2D eigenvalue weighted by molar-refractivity contribution is -0.119. The summed E-state index contributed by atoms with van der Waals surface area (Å²) in [6.07, 6.45) is 3.98. The lowest BCUT2D eigenvalue weighted by Gasteiger charge is -2.23. The molecule has 2 fully saturated rings. The minimum absolute atomic E-state index is 0.172. The topological polar surface area (TPSA) is 46.9 Å². The van der Waals surface area contributed by atoms with Crippen molar-refractivity contribution in [2.24, 2.45) is 0 Å². The van der Waals surface area contributed by atoms with E-state index in [1.54, 1.807) is 0 Å². The molecule has 3 heterocycles. The first kappa shape index (κ1) is 13.0. The molecule has 5 heteroatoms. The third kappa shape index (κ3) is 2.40. The first-order chi connectivity index (χ1) is 9.16. The molecule has 19 heavy (non-hydrogen) atoms.